The molecule has 72 valence electrons. The molecule has 13 heavy (non-hydrogen) atoms. The lowest BCUT2D eigenvalue weighted by Crippen LogP contribution is -2.31. The Bertz CT molecular complexity index is 172. The molecule has 0 rings (SSSR count). The van der Waals surface area contributed by atoms with E-state index in [1.807, 2.05) is 0 Å². The summed E-state index contributed by atoms with van der Waals surface area (Å²) in [6.07, 6.45) is 6.37. The fourth-order valence-electron chi connectivity index (χ4n) is 0.739. The van der Waals surface area contributed by atoms with Gasteiger partial charge in [-0.05, 0) is 12.2 Å². The highest BCUT2D eigenvalue weighted by Crippen LogP contribution is 2.16. The van der Waals surface area contributed by atoms with E-state index in [4.69, 9.17) is 9.47 Å². The molecule has 0 atom stereocenters. The van der Waals surface area contributed by atoms with Gasteiger partial charge in [0, 0.05) is 0 Å². The highest BCUT2D eigenvalue weighted by molar-refractivity contribution is 5.04. The van der Waals surface area contributed by atoms with Crippen LogP contribution < -0.4 is 0 Å². The lowest BCUT2D eigenvalue weighted by Gasteiger charge is -2.26. The topological polar surface area (TPSA) is 18.5 Å². The van der Waals surface area contributed by atoms with E-state index < -0.39 is 5.79 Å². The number of hydrogen-bond acceptors (Lipinski definition) is 2. The highest BCUT2D eigenvalue weighted by Gasteiger charge is 2.22. The van der Waals surface area contributed by atoms with Crippen molar-refractivity contribution in [2.24, 2.45) is 0 Å². The largest absolute Gasteiger partial charge is 0.339 e. The van der Waals surface area contributed by atoms with E-state index in [1.54, 1.807) is 24.3 Å². The summed E-state index contributed by atoms with van der Waals surface area (Å²) in [4.78, 5) is 0. The maximum Gasteiger partial charge on any atom is 0.207 e. The lowest BCUT2D eigenvalue weighted by atomic mass is 10.2. The van der Waals surface area contributed by atoms with Crippen molar-refractivity contribution < 1.29 is 9.47 Å². The molecule has 0 unspecified atom stereocenters. The Kier molecular flexibility index (Phi) is 5.85. The third-order valence-electron chi connectivity index (χ3n) is 1.42. The fraction of sp³-hybridized carbons (Fsp3) is 0.273. The molecule has 0 aromatic heterocycles. The van der Waals surface area contributed by atoms with Gasteiger partial charge < -0.3 is 9.47 Å². The molecule has 0 aliphatic heterocycles. The normalized spacial score (nSPS) is 10.5. The minimum Gasteiger partial charge on any atom is -0.339 e. The molecular formula is C11H16O2. The predicted molar refractivity (Wildman–Crippen MR) is 55.4 cm³/mol. The van der Waals surface area contributed by atoms with E-state index >= 15 is 0 Å². The molecule has 0 spiro atoms. The van der Waals surface area contributed by atoms with Crippen molar-refractivity contribution in [2.45, 2.75) is 5.79 Å². The molecule has 0 aliphatic carbocycles. The number of rotatable bonds is 8. The monoisotopic (exact) mass is 180 g/mol. The van der Waals surface area contributed by atoms with Crippen LogP contribution >= 0.6 is 0 Å². The molecule has 2 nitrogen and oxygen atoms in total. The Morgan fingerprint density at radius 1 is 0.846 bits per heavy atom. The van der Waals surface area contributed by atoms with Crippen LogP contribution in [0.2, 0.25) is 0 Å². The van der Waals surface area contributed by atoms with Gasteiger partial charge in [-0.3, -0.25) is 0 Å². The van der Waals surface area contributed by atoms with Crippen molar-refractivity contribution in [3.05, 3.63) is 50.6 Å². The van der Waals surface area contributed by atoms with Gasteiger partial charge in [0.15, 0.2) is 0 Å². The molecule has 0 radical (unpaired) electrons. The van der Waals surface area contributed by atoms with E-state index in [-0.39, 0.29) is 0 Å². The van der Waals surface area contributed by atoms with Gasteiger partial charge in [0.05, 0.1) is 13.2 Å². The second kappa shape index (κ2) is 6.40. The molecule has 2 heteroatoms. The Balaban J connectivity index is 4.28. The highest BCUT2D eigenvalue weighted by atomic mass is 16.7. The van der Waals surface area contributed by atoms with Gasteiger partial charge in [-0.1, -0.05) is 25.3 Å². The fourth-order valence-corrected chi connectivity index (χ4v) is 0.739. The third kappa shape index (κ3) is 3.87. The summed E-state index contributed by atoms with van der Waals surface area (Å²) in [6.45, 7) is 15.1. The molecule has 0 saturated carbocycles. The van der Waals surface area contributed by atoms with Gasteiger partial charge in [-0.2, -0.15) is 0 Å². The second-order valence-corrected chi connectivity index (χ2v) is 2.33. The quantitative estimate of drug-likeness (QED) is 0.422. The van der Waals surface area contributed by atoms with Crippen molar-refractivity contribution in [3.8, 4) is 0 Å². The van der Waals surface area contributed by atoms with Crippen LogP contribution in [0.1, 0.15) is 0 Å². The van der Waals surface area contributed by atoms with Crippen LogP contribution in [-0.4, -0.2) is 19.0 Å². The first-order chi connectivity index (χ1) is 6.24. The first kappa shape index (κ1) is 11.9. The van der Waals surface area contributed by atoms with Crippen molar-refractivity contribution in [2.75, 3.05) is 13.2 Å². The molecule has 0 aromatic rings. The zero-order valence-electron chi connectivity index (χ0n) is 7.87. The van der Waals surface area contributed by atoms with Gasteiger partial charge in [0.2, 0.25) is 5.79 Å². The number of hydrogen-bond donors (Lipinski definition) is 0. The predicted octanol–water partition coefficient (Wildman–Crippen LogP) is 2.46. The molecule has 0 N–H and O–H groups in total. The smallest absolute Gasteiger partial charge is 0.207 e. The second-order valence-electron chi connectivity index (χ2n) is 2.33. The van der Waals surface area contributed by atoms with Crippen molar-refractivity contribution in [3.63, 3.8) is 0 Å². The summed E-state index contributed by atoms with van der Waals surface area (Å²) in [5, 5.41) is 0. The summed E-state index contributed by atoms with van der Waals surface area (Å²) < 4.78 is 10.7. The molecule has 0 aromatic carbocycles. The Morgan fingerprint density at radius 2 is 1.23 bits per heavy atom. The van der Waals surface area contributed by atoms with Crippen molar-refractivity contribution in [1.29, 1.82) is 0 Å². The van der Waals surface area contributed by atoms with Crippen LogP contribution in [0.4, 0.5) is 0 Å². The molecule has 0 aliphatic rings. The van der Waals surface area contributed by atoms with Crippen LogP contribution in [0.3, 0.4) is 0 Å². The SMILES string of the molecule is C=CCOC(C=C)(C=C)OCC=C. The van der Waals surface area contributed by atoms with Gasteiger partial charge in [0.25, 0.3) is 0 Å². The van der Waals surface area contributed by atoms with Gasteiger partial charge in [-0.25, -0.2) is 0 Å². The van der Waals surface area contributed by atoms with E-state index in [1.165, 1.54) is 0 Å². The number of ether oxygens (including phenoxy) is 2. The molecule has 0 amide bonds. The first-order valence-corrected chi connectivity index (χ1v) is 4.01. The van der Waals surface area contributed by atoms with Gasteiger partial charge in [-0.15, -0.1) is 13.2 Å². The lowest BCUT2D eigenvalue weighted by molar-refractivity contribution is -0.156. The van der Waals surface area contributed by atoms with E-state index in [0.29, 0.717) is 13.2 Å². The average molecular weight is 180 g/mol. The van der Waals surface area contributed by atoms with E-state index in [2.05, 4.69) is 26.3 Å². The molecular weight excluding hydrogens is 164 g/mol. The summed E-state index contributed by atoms with van der Waals surface area (Å²) in [6, 6.07) is 0. The first-order valence-electron chi connectivity index (χ1n) is 4.01. The van der Waals surface area contributed by atoms with Crippen LogP contribution in [-0.2, 0) is 9.47 Å². The van der Waals surface area contributed by atoms with Crippen molar-refractivity contribution in [1.82, 2.24) is 0 Å². The average Bonchev–Trinajstić information content (AvgIpc) is 2.20. The standard InChI is InChI=1S/C11H16O2/c1-5-9-12-11(7-3,8-4)13-10-6-2/h5-8H,1-4,9-10H2. The van der Waals surface area contributed by atoms with Crippen LogP contribution in [0.5, 0.6) is 0 Å². The molecule has 0 bridgehead atoms. The maximum absolute atomic E-state index is 5.36. The third-order valence-corrected chi connectivity index (χ3v) is 1.42. The van der Waals surface area contributed by atoms with Gasteiger partial charge >= 0.3 is 0 Å². The molecule has 0 saturated heterocycles. The van der Waals surface area contributed by atoms with Crippen molar-refractivity contribution >= 4 is 0 Å². The summed E-state index contributed by atoms with van der Waals surface area (Å²) >= 11 is 0. The van der Waals surface area contributed by atoms with E-state index in [0.717, 1.165) is 0 Å². The van der Waals surface area contributed by atoms with Crippen LogP contribution in [0, 0.1) is 0 Å². The van der Waals surface area contributed by atoms with Gasteiger partial charge in [0.1, 0.15) is 0 Å². The molecule has 0 heterocycles. The van der Waals surface area contributed by atoms with Crippen LogP contribution in [0.25, 0.3) is 0 Å². The minimum atomic E-state index is -0.928. The summed E-state index contributed by atoms with van der Waals surface area (Å²) in [7, 11) is 0. The molecule has 0 fully saturated rings. The Labute approximate surface area is 79.9 Å². The zero-order valence-corrected chi connectivity index (χ0v) is 7.87. The summed E-state index contributed by atoms with van der Waals surface area (Å²) in [5.41, 5.74) is 0. The minimum absolute atomic E-state index is 0.384. The zero-order chi connectivity index (χ0) is 10.2. The maximum atomic E-state index is 5.36. The van der Waals surface area contributed by atoms with Crippen LogP contribution in [0.15, 0.2) is 50.6 Å². The Morgan fingerprint density at radius 3 is 1.46 bits per heavy atom. The van der Waals surface area contributed by atoms with E-state index in [9.17, 15) is 0 Å². The Hall–Kier alpha value is -1.12. The summed E-state index contributed by atoms with van der Waals surface area (Å²) in [5.74, 6) is -0.928.